The molecule has 2 aromatic carbocycles. The molecule has 94 valence electrons. The van der Waals surface area contributed by atoms with Crippen LogP contribution in [0.5, 0.6) is 0 Å². The molecule has 18 heavy (non-hydrogen) atoms. The van der Waals surface area contributed by atoms with E-state index in [2.05, 4.69) is 5.92 Å². The van der Waals surface area contributed by atoms with Crippen LogP contribution in [-0.4, -0.2) is 0 Å². The van der Waals surface area contributed by atoms with Crippen molar-refractivity contribution in [1.82, 2.24) is 0 Å². The minimum Gasteiger partial charge on any atom is -0.399 e. The Bertz CT molecular complexity index is 625. The van der Waals surface area contributed by atoms with Crippen LogP contribution in [0.25, 0.3) is 10.8 Å². The van der Waals surface area contributed by atoms with Crippen molar-refractivity contribution in [2.75, 3.05) is 5.73 Å². The first-order chi connectivity index (χ1) is 8.54. The average Bonchev–Trinajstić information content (AvgIpc) is 2.34. The lowest BCUT2D eigenvalue weighted by molar-refractivity contribution is 0.509. The van der Waals surface area contributed by atoms with E-state index in [1.165, 1.54) is 0 Å². The second-order valence-electron chi connectivity index (χ2n) is 3.63. The van der Waals surface area contributed by atoms with E-state index < -0.39 is 11.6 Å². The standard InChI is InChI=1S/C13H9F2N.C2H6/c1-3-10-12-7(2)4-9(16)5-8(12)6-11(14)13(10)15;1-2/h1,4-6H,16H2,2H3;1-2H3. The fraction of sp³-hybridized carbons (Fsp3) is 0.200. The quantitative estimate of drug-likeness (QED) is 0.552. The van der Waals surface area contributed by atoms with Crippen molar-refractivity contribution in [2.45, 2.75) is 20.8 Å². The van der Waals surface area contributed by atoms with Gasteiger partial charge in [0.25, 0.3) is 0 Å². The van der Waals surface area contributed by atoms with Crippen molar-refractivity contribution in [3.8, 4) is 12.3 Å². The molecule has 0 saturated heterocycles. The van der Waals surface area contributed by atoms with E-state index in [1.54, 1.807) is 19.1 Å². The number of nitrogens with two attached hydrogens (primary N) is 1. The zero-order chi connectivity index (χ0) is 13.9. The maximum atomic E-state index is 13.5. The highest BCUT2D eigenvalue weighted by molar-refractivity contribution is 5.93. The lowest BCUT2D eigenvalue weighted by Gasteiger charge is -2.08. The molecular formula is C15H15F2N. The van der Waals surface area contributed by atoms with E-state index in [1.807, 2.05) is 13.8 Å². The average molecular weight is 247 g/mol. The van der Waals surface area contributed by atoms with E-state index in [0.717, 1.165) is 11.6 Å². The number of fused-ring (bicyclic) bond motifs is 1. The van der Waals surface area contributed by atoms with Gasteiger partial charge in [0.15, 0.2) is 11.6 Å². The van der Waals surface area contributed by atoms with Crippen molar-refractivity contribution in [1.29, 1.82) is 0 Å². The van der Waals surface area contributed by atoms with Gasteiger partial charge in [0.2, 0.25) is 0 Å². The van der Waals surface area contributed by atoms with Crippen LogP contribution in [0, 0.1) is 30.9 Å². The molecule has 0 unspecified atom stereocenters. The fourth-order valence-electron chi connectivity index (χ4n) is 1.86. The lowest BCUT2D eigenvalue weighted by Crippen LogP contribution is -1.96. The highest BCUT2D eigenvalue weighted by Gasteiger charge is 2.13. The van der Waals surface area contributed by atoms with E-state index in [9.17, 15) is 8.78 Å². The third-order valence-electron chi connectivity index (χ3n) is 2.49. The predicted octanol–water partition coefficient (Wildman–Crippen LogP) is 4.02. The number of benzene rings is 2. The smallest absolute Gasteiger partial charge is 0.175 e. The number of hydrogen-bond donors (Lipinski definition) is 1. The van der Waals surface area contributed by atoms with Gasteiger partial charge in [-0.3, -0.25) is 0 Å². The van der Waals surface area contributed by atoms with E-state index in [4.69, 9.17) is 12.2 Å². The molecular weight excluding hydrogens is 232 g/mol. The van der Waals surface area contributed by atoms with Crippen LogP contribution in [0.4, 0.5) is 14.5 Å². The normalized spacial score (nSPS) is 9.56. The Labute approximate surface area is 106 Å². The number of aryl methyl sites for hydroxylation is 1. The monoisotopic (exact) mass is 247 g/mol. The summed E-state index contributed by atoms with van der Waals surface area (Å²) in [6.07, 6.45) is 5.20. The summed E-state index contributed by atoms with van der Waals surface area (Å²) in [6, 6.07) is 4.36. The molecule has 0 amide bonds. The highest BCUT2D eigenvalue weighted by atomic mass is 19.2. The molecule has 0 aliphatic carbocycles. The van der Waals surface area contributed by atoms with Crippen molar-refractivity contribution in [3.05, 3.63) is 41.0 Å². The molecule has 0 aliphatic rings. The summed E-state index contributed by atoms with van der Waals surface area (Å²) in [5, 5.41) is 1.06. The zero-order valence-electron chi connectivity index (χ0n) is 10.6. The number of halogens is 2. The molecule has 0 aliphatic heterocycles. The zero-order valence-corrected chi connectivity index (χ0v) is 10.6. The maximum Gasteiger partial charge on any atom is 0.175 e. The molecule has 2 aromatic rings. The number of nitrogen functional groups attached to an aromatic ring is 1. The van der Waals surface area contributed by atoms with Crippen LogP contribution in [0.3, 0.4) is 0 Å². The van der Waals surface area contributed by atoms with Crippen LogP contribution in [0.2, 0.25) is 0 Å². The van der Waals surface area contributed by atoms with Crippen LogP contribution in [-0.2, 0) is 0 Å². The minimum atomic E-state index is -0.983. The van der Waals surface area contributed by atoms with Crippen molar-refractivity contribution in [2.24, 2.45) is 0 Å². The molecule has 0 saturated carbocycles. The number of rotatable bonds is 0. The third-order valence-corrected chi connectivity index (χ3v) is 2.49. The summed E-state index contributed by atoms with van der Waals surface area (Å²) < 4.78 is 26.7. The molecule has 0 aromatic heterocycles. The van der Waals surface area contributed by atoms with Gasteiger partial charge < -0.3 is 5.73 Å². The fourth-order valence-corrected chi connectivity index (χ4v) is 1.86. The largest absolute Gasteiger partial charge is 0.399 e. The first-order valence-electron chi connectivity index (χ1n) is 5.69. The summed E-state index contributed by atoms with van der Waals surface area (Å²) in [4.78, 5) is 0. The number of anilines is 1. The van der Waals surface area contributed by atoms with Gasteiger partial charge in [-0.25, -0.2) is 8.78 Å². The topological polar surface area (TPSA) is 26.0 Å². The second-order valence-corrected chi connectivity index (χ2v) is 3.63. The number of terminal acetylenes is 1. The molecule has 2 N–H and O–H groups in total. The summed E-state index contributed by atoms with van der Waals surface area (Å²) in [6.45, 7) is 5.76. The lowest BCUT2D eigenvalue weighted by atomic mass is 9.99. The Morgan fingerprint density at radius 3 is 2.33 bits per heavy atom. The summed E-state index contributed by atoms with van der Waals surface area (Å²) in [5.74, 6) is 0.247. The summed E-state index contributed by atoms with van der Waals surface area (Å²) >= 11 is 0. The van der Waals surface area contributed by atoms with Crippen LogP contribution in [0.1, 0.15) is 25.0 Å². The first-order valence-corrected chi connectivity index (χ1v) is 5.69. The Morgan fingerprint density at radius 1 is 1.17 bits per heavy atom. The van der Waals surface area contributed by atoms with Crippen LogP contribution in [0.15, 0.2) is 18.2 Å². The van der Waals surface area contributed by atoms with Crippen molar-refractivity contribution in [3.63, 3.8) is 0 Å². The van der Waals surface area contributed by atoms with Crippen molar-refractivity contribution >= 4 is 16.5 Å². The Balaban J connectivity index is 0.000000771. The minimum absolute atomic E-state index is 0.0486. The summed E-state index contributed by atoms with van der Waals surface area (Å²) in [5.41, 5.74) is 6.82. The Morgan fingerprint density at radius 2 is 1.78 bits per heavy atom. The van der Waals surface area contributed by atoms with Gasteiger partial charge in [-0.05, 0) is 36.1 Å². The van der Waals surface area contributed by atoms with Crippen molar-refractivity contribution < 1.29 is 8.78 Å². The van der Waals surface area contributed by atoms with E-state index in [-0.39, 0.29) is 5.56 Å². The van der Waals surface area contributed by atoms with Crippen LogP contribution < -0.4 is 5.73 Å². The van der Waals surface area contributed by atoms with Crippen LogP contribution >= 0.6 is 0 Å². The molecule has 3 heteroatoms. The number of hydrogen-bond acceptors (Lipinski definition) is 1. The molecule has 1 nitrogen and oxygen atoms in total. The van der Waals surface area contributed by atoms with Gasteiger partial charge in [-0.2, -0.15) is 0 Å². The highest BCUT2D eigenvalue weighted by Crippen LogP contribution is 2.28. The van der Waals surface area contributed by atoms with Gasteiger partial charge in [0.1, 0.15) is 0 Å². The first kappa shape index (κ1) is 14.0. The van der Waals surface area contributed by atoms with E-state index >= 15 is 0 Å². The molecule has 0 spiro atoms. The maximum absolute atomic E-state index is 13.5. The predicted molar refractivity (Wildman–Crippen MR) is 72.3 cm³/mol. The van der Waals surface area contributed by atoms with Gasteiger partial charge in [-0.1, -0.05) is 19.8 Å². The SMILES string of the molecule is C#Cc1c(F)c(F)cc2cc(N)cc(C)c12.CC. The molecule has 2 rings (SSSR count). The Kier molecular flexibility index (Phi) is 4.28. The second kappa shape index (κ2) is 5.50. The molecule has 0 bridgehead atoms. The van der Waals surface area contributed by atoms with Gasteiger partial charge in [-0.15, -0.1) is 6.42 Å². The molecule has 0 radical (unpaired) electrons. The third kappa shape index (κ3) is 2.28. The molecule has 0 fully saturated rings. The van der Waals surface area contributed by atoms with Gasteiger partial charge >= 0.3 is 0 Å². The Hall–Kier alpha value is -2.08. The molecule has 0 atom stereocenters. The molecule has 0 heterocycles. The summed E-state index contributed by atoms with van der Waals surface area (Å²) in [7, 11) is 0. The van der Waals surface area contributed by atoms with Gasteiger partial charge in [0, 0.05) is 11.1 Å². The van der Waals surface area contributed by atoms with E-state index in [0.29, 0.717) is 16.5 Å². The van der Waals surface area contributed by atoms with Gasteiger partial charge in [0.05, 0.1) is 5.56 Å².